The van der Waals surface area contributed by atoms with Crippen LogP contribution in [0.4, 0.5) is 5.69 Å². The van der Waals surface area contributed by atoms with Gasteiger partial charge in [-0.3, -0.25) is 9.59 Å². The molecule has 0 radical (unpaired) electrons. The summed E-state index contributed by atoms with van der Waals surface area (Å²) in [5.41, 5.74) is 2.73. The van der Waals surface area contributed by atoms with E-state index in [1.807, 2.05) is 32.0 Å². The highest BCUT2D eigenvalue weighted by atomic mass is 32.2. The zero-order valence-electron chi connectivity index (χ0n) is 13.4. The van der Waals surface area contributed by atoms with Gasteiger partial charge >= 0.3 is 0 Å². The van der Waals surface area contributed by atoms with Crippen LogP contribution in [0.3, 0.4) is 0 Å². The number of nitrogens with one attached hydrogen (secondary N) is 2. The maximum Gasteiger partial charge on any atom is 0.233 e. The number of anilines is 1. The second-order valence-corrected chi connectivity index (χ2v) is 8.35. The summed E-state index contributed by atoms with van der Waals surface area (Å²) in [6.45, 7) is 4.16. The average Bonchev–Trinajstić information content (AvgIpc) is 2.79. The van der Waals surface area contributed by atoms with Crippen molar-refractivity contribution in [1.29, 1.82) is 0 Å². The van der Waals surface area contributed by atoms with Gasteiger partial charge in [0.2, 0.25) is 11.8 Å². The zero-order chi connectivity index (χ0) is 17.0. The summed E-state index contributed by atoms with van der Waals surface area (Å²) in [7, 11) is -2.95. The smallest absolute Gasteiger partial charge is 0.233 e. The van der Waals surface area contributed by atoms with Crippen molar-refractivity contribution >= 4 is 27.3 Å². The van der Waals surface area contributed by atoms with Crippen molar-refractivity contribution in [2.75, 3.05) is 23.4 Å². The van der Waals surface area contributed by atoms with Crippen LogP contribution in [-0.4, -0.2) is 38.3 Å². The second kappa shape index (κ2) is 7.12. The van der Waals surface area contributed by atoms with E-state index in [2.05, 4.69) is 10.6 Å². The van der Waals surface area contributed by atoms with Gasteiger partial charge in [-0.05, 0) is 37.8 Å². The lowest BCUT2D eigenvalue weighted by Crippen LogP contribution is -2.32. The van der Waals surface area contributed by atoms with Gasteiger partial charge in [0.15, 0.2) is 9.84 Å². The van der Waals surface area contributed by atoms with Crippen LogP contribution in [0.15, 0.2) is 18.2 Å². The Balaban J connectivity index is 1.77. The van der Waals surface area contributed by atoms with Gasteiger partial charge in [-0.1, -0.05) is 17.7 Å². The topological polar surface area (TPSA) is 92.3 Å². The molecule has 0 aromatic heterocycles. The van der Waals surface area contributed by atoms with Gasteiger partial charge in [0, 0.05) is 12.2 Å². The van der Waals surface area contributed by atoms with Crippen LogP contribution >= 0.6 is 0 Å². The Morgan fingerprint density at radius 1 is 1.22 bits per heavy atom. The Labute approximate surface area is 136 Å². The molecule has 1 aromatic carbocycles. The normalized spacial score (nSPS) is 19.3. The largest absolute Gasteiger partial charge is 0.355 e. The standard InChI is InChI=1S/C16H22N2O4S/c1-11-3-4-14(12(2)7-11)18-16(20)8-15(19)17-9-13-5-6-23(21,22)10-13/h3-4,7,13H,5-6,8-10H2,1-2H3,(H,17,19)(H,18,20). The number of carbonyl (C=O) groups is 2. The maximum absolute atomic E-state index is 11.9. The molecule has 1 heterocycles. The molecule has 1 unspecified atom stereocenters. The zero-order valence-corrected chi connectivity index (χ0v) is 14.2. The van der Waals surface area contributed by atoms with E-state index < -0.39 is 15.7 Å². The van der Waals surface area contributed by atoms with E-state index in [1.165, 1.54) is 0 Å². The summed E-state index contributed by atoms with van der Waals surface area (Å²) in [6, 6.07) is 5.66. The molecule has 1 aliphatic heterocycles. The molecule has 1 saturated heterocycles. The van der Waals surface area contributed by atoms with Crippen LogP contribution in [0.25, 0.3) is 0 Å². The van der Waals surface area contributed by atoms with E-state index >= 15 is 0 Å². The van der Waals surface area contributed by atoms with Crippen molar-refractivity contribution in [2.24, 2.45) is 5.92 Å². The molecule has 2 rings (SSSR count). The van der Waals surface area contributed by atoms with Gasteiger partial charge in [-0.25, -0.2) is 8.42 Å². The molecule has 1 aliphatic rings. The number of hydrogen-bond acceptors (Lipinski definition) is 4. The molecule has 0 saturated carbocycles. The molecule has 23 heavy (non-hydrogen) atoms. The SMILES string of the molecule is Cc1ccc(NC(=O)CC(=O)NCC2CCS(=O)(=O)C2)c(C)c1. The Morgan fingerprint density at radius 2 is 1.96 bits per heavy atom. The van der Waals surface area contributed by atoms with Crippen molar-refractivity contribution in [3.8, 4) is 0 Å². The lowest BCUT2D eigenvalue weighted by molar-refractivity contribution is -0.126. The summed E-state index contributed by atoms with van der Waals surface area (Å²) < 4.78 is 22.7. The van der Waals surface area contributed by atoms with E-state index in [0.29, 0.717) is 18.7 Å². The van der Waals surface area contributed by atoms with Gasteiger partial charge in [0.05, 0.1) is 11.5 Å². The lowest BCUT2D eigenvalue weighted by Gasteiger charge is -2.11. The highest BCUT2D eigenvalue weighted by molar-refractivity contribution is 7.91. The number of rotatable bonds is 5. The van der Waals surface area contributed by atoms with Gasteiger partial charge in [-0.2, -0.15) is 0 Å². The molecular weight excluding hydrogens is 316 g/mol. The molecule has 1 atom stereocenters. The summed E-state index contributed by atoms with van der Waals surface area (Å²) in [5.74, 6) is -0.528. The Morgan fingerprint density at radius 3 is 2.57 bits per heavy atom. The quantitative estimate of drug-likeness (QED) is 0.789. The van der Waals surface area contributed by atoms with Crippen LogP contribution in [-0.2, 0) is 19.4 Å². The maximum atomic E-state index is 11.9. The van der Waals surface area contributed by atoms with Crippen LogP contribution < -0.4 is 10.6 Å². The number of aryl methyl sites for hydroxylation is 2. The highest BCUT2D eigenvalue weighted by Gasteiger charge is 2.28. The molecule has 7 heteroatoms. The molecule has 126 valence electrons. The predicted octanol–water partition coefficient (Wildman–Crippen LogP) is 1.18. The van der Waals surface area contributed by atoms with Crippen LogP contribution in [0.2, 0.25) is 0 Å². The fraction of sp³-hybridized carbons (Fsp3) is 0.500. The second-order valence-electron chi connectivity index (χ2n) is 6.12. The third-order valence-electron chi connectivity index (χ3n) is 3.89. The number of benzene rings is 1. The third-order valence-corrected chi connectivity index (χ3v) is 5.73. The van der Waals surface area contributed by atoms with Gasteiger partial charge in [-0.15, -0.1) is 0 Å². The summed E-state index contributed by atoms with van der Waals surface area (Å²) in [5, 5.41) is 5.35. The molecule has 0 aliphatic carbocycles. The average molecular weight is 338 g/mol. The molecule has 2 amide bonds. The Kier molecular flexibility index (Phi) is 5.41. The van der Waals surface area contributed by atoms with E-state index in [9.17, 15) is 18.0 Å². The number of hydrogen-bond donors (Lipinski definition) is 2. The van der Waals surface area contributed by atoms with E-state index in [1.54, 1.807) is 0 Å². The molecule has 0 spiro atoms. The molecule has 0 bridgehead atoms. The first-order valence-corrected chi connectivity index (χ1v) is 9.41. The van der Waals surface area contributed by atoms with Crippen molar-refractivity contribution < 1.29 is 18.0 Å². The minimum Gasteiger partial charge on any atom is -0.355 e. The Bertz CT molecular complexity index is 713. The first-order valence-electron chi connectivity index (χ1n) is 7.59. The Hall–Kier alpha value is -1.89. The van der Waals surface area contributed by atoms with Crippen molar-refractivity contribution in [1.82, 2.24) is 5.32 Å². The fourth-order valence-corrected chi connectivity index (χ4v) is 4.51. The van der Waals surface area contributed by atoms with Gasteiger partial charge in [0.25, 0.3) is 0 Å². The highest BCUT2D eigenvalue weighted by Crippen LogP contribution is 2.18. The van der Waals surface area contributed by atoms with Crippen LogP contribution in [0, 0.1) is 19.8 Å². The first kappa shape index (κ1) is 17.5. The first-order chi connectivity index (χ1) is 10.7. The van der Waals surface area contributed by atoms with Crippen LogP contribution in [0.5, 0.6) is 0 Å². The molecule has 6 nitrogen and oxygen atoms in total. The van der Waals surface area contributed by atoms with E-state index in [4.69, 9.17) is 0 Å². The monoisotopic (exact) mass is 338 g/mol. The minimum absolute atomic E-state index is 0.0497. The number of sulfone groups is 1. The number of carbonyl (C=O) groups excluding carboxylic acids is 2. The summed E-state index contributed by atoms with van der Waals surface area (Å²) in [4.78, 5) is 23.7. The summed E-state index contributed by atoms with van der Waals surface area (Å²) >= 11 is 0. The predicted molar refractivity (Wildman–Crippen MR) is 88.9 cm³/mol. The van der Waals surface area contributed by atoms with Crippen molar-refractivity contribution in [2.45, 2.75) is 26.7 Å². The van der Waals surface area contributed by atoms with Gasteiger partial charge in [0.1, 0.15) is 6.42 Å². The molecule has 2 N–H and O–H groups in total. The van der Waals surface area contributed by atoms with Crippen molar-refractivity contribution in [3.63, 3.8) is 0 Å². The molecular formula is C16H22N2O4S. The van der Waals surface area contributed by atoms with Crippen LogP contribution in [0.1, 0.15) is 24.0 Å². The number of amides is 2. The van der Waals surface area contributed by atoms with E-state index in [0.717, 1.165) is 11.1 Å². The van der Waals surface area contributed by atoms with E-state index in [-0.39, 0.29) is 29.8 Å². The fourth-order valence-electron chi connectivity index (χ4n) is 2.65. The molecule has 1 aromatic rings. The van der Waals surface area contributed by atoms with Crippen molar-refractivity contribution in [3.05, 3.63) is 29.3 Å². The lowest BCUT2D eigenvalue weighted by atomic mass is 10.1. The summed E-state index contributed by atoms with van der Waals surface area (Å²) in [6.07, 6.45) is 0.296. The van der Waals surface area contributed by atoms with Gasteiger partial charge < -0.3 is 10.6 Å². The minimum atomic E-state index is -2.95. The molecule has 1 fully saturated rings. The third kappa shape index (κ3) is 5.35.